The molecule has 17 heavy (non-hydrogen) atoms. The molecule has 2 rings (SSSR count). The van der Waals surface area contributed by atoms with E-state index in [4.69, 9.17) is 0 Å². The summed E-state index contributed by atoms with van der Waals surface area (Å²) in [7, 11) is 0. The topological polar surface area (TPSA) is 58.2 Å². The second-order valence-corrected chi connectivity index (χ2v) is 3.97. The number of amides is 2. The minimum absolute atomic E-state index is 0.160. The molecule has 1 fully saturated rings. The fourth-order valence-electron chi connectivity index (χ4n) is 1.75. The monoisotopic (exact) mass is 236 g/mol. The Bertz CT molecular complexity index is 431. The summed E-state index contributed by atoms with van der Waals surface area (Å²) >= 11 is 0. The summed E-state index contributed by atoms with van der Waals surface area (Å²) in [4.78, 5) is 23.2. The average Bonchev–Trinajstić information content (AvgIpc) is 2.33. The van der Waals surface area contributed by atoms with Crippen molar-refractivity contribution >= 4 is 11.8 Å². The lowest BCUT2D eigenvalue weighted by Crippen LogP contribution is -2.50. The van der Waals surface area contributed by atoms with Crippen LogP contribution < -0.4 is 10.6 Å². The van der Waals surface area contributed by atoms with Gasteiger partial charge in [0.1, 0.15) is 11.9 Å². The molecule has 5 heteroatoms. The van der Waals surface area contributed by atoms with Gasteiger partial charge in [-0.05, 0) is 37.1 Å². The van der Waals surface area contributed by atoms with E-state index in [-0.39, 0.29) is 11.8 Å². The molecule has 0 aliphatic carbocycles. The van der Waals surface area contributed by atoms with Gasteiger partial charge in [-0.15, -0.1) is 0 Å². The minimum atomic E-state index is -0.485. The highest BCUT2D eigenvalue weighted by Gasteiger charge is 2.23. The van der Waals surface area contributed by atoms with Crippen molar-refractivity contribution in [1.29, 1.82) is 0 Å². The predicted octanol–water partition coefficient (Wildman–Crippen LogP) is 0.834. The molecule has 1 aromatic rings. The van der Waals surface area contributed by atoms with Gasteiger partial charge in [-0.3, -0.25) is 9.59 Å². The molecular formula is C12H13FN2O2. The fourth-order valence-corrected chi connectivity index (χ4v) is 1.75. The molecule has 2 N–H and O–H groups in total. The molecule has 1 heterocycles. The lowest BCUT2D eigenvalue weighted by molar-refractivity contribution is -0.124. The third-order valence-corrected chi connectivity index (χ3v) is 2.70. The van der Waals surface area contributed by atoms with Crippen LogP contribution in [0.15, 0.2) is 24.3 Å². The first-order valence-corrected chi connectivity index (χ1v) is 5.51. The molecule has 90 valence electrons. The van der Waals surface area contributed by atoms with Gasteiger partial charge in [0.25, 0.3) is 5.91 Å². The summed E-state index contributed by atoms with van der Waals surface area (Å²) in [5.41, 5.74) is 0.352. The summed E-state index contributed by atoms with van der Waals surface area (Å²) in [6.07, 6.45) is 1.48. The van der Waals surface area contributed by atoms with Crippen molar-refractivity contribution < 1.29 is 14.0 Å². The first-order valence-electron chi connectivity index (χ1n) is 5.51. The molecule has 0 spiro atoms. The van der Waals surface area contributed by atoms with Crippen molar-refractivity contribution in [2.75, 3.05) is 6.54 Å². The zero-order chi connectivity index (χ0) is 12.3. The molecule has 0 bridgehead atoms. The largest absolute Gasteiger partial charge is 0.354 e. The van der Waals surface area contributed by atoms with Crippen molar-refractivity contribution in [1.82, 2.24) is 10.6 Å². The Hall–Kier alpha value is -1.91. The quantitative estimate of drug-likeness (QED) is 0.799. The van der Waals surface area contributed by atoms with Crippen LogP contribution in [0.1, 0.15) is 23.2 Å². The SMILES string of the molecule is O=C(N[C@H]1CCCNC1=O)c1ccc(F)cc1. The van der Waals surface area contributed by atoms with Gasteiger partial charge in [-0.2, -0.15) is 0 Å². The molecule has 1 aliphatic heterocycles. The number of carbonyl (C=O) groups excluding carboxylic acids is 2. The first kappa shape index (κ1) is 11.6. The number of piperidine rings is 1. The second kappa shape index (κ2) is 4.95. The van der Waals surface area contributed by atoms with Gasteiger partial charge in [-0.25, -0.2) is 4.39 Å². The molecule has 1 aliphatic rings. The minimum Gasteiger partial charge on any atom is -0.354 e. The summed E-state index contributed by atoms with van der Waals surface area (Å²) in [6, 6.07) is 4.74. The number of rotatable bonds is 2. The highest BCUT2D eigenvalue weighted by molar-refractivity contribution is 5.97. The van der Waals surface area contributed by atoms with Crippen molar-refractivity contribution in [2.24, 2.45) is 0 Å². The predicted molar refractivity (Wildman–Crippen MR) is 59.9 cm³/mol. The maximum atomic E-state index is 12.7. The van der Waals surface area contributed by atoms with E-state index < -0.39 is 11.9 Å². The van der Waals surface area contributed by atoms with E-state index in [9.17, 15) is 14.0 Å². The van der Waals surface area contributed by atoms with Crippen LogP contribution >= 0.6 is 0 Å². The van der Waals surface area contributed by atoms with Gasteiger partial charge >= 0.3 is 0 Å². The van der Waals surface area contributed by atoms with Gasteiger partial charge < -0.3 is 10.6 Å². The molecule has 1 aromatic carbocycles. The van der Waals surface area contributed by atoms with Crippen molar-refractivity contribution in [2.45, 2.75) is 18.9 Å². The molecular weight excluding hydrogens is 223 g/mol. The van der Waals surface area contributed by atoms with Crippen LogP contribution in [0, 0.1) is 5.82 Å². The van der Waals surface area contributed by atoms with Gasteiger partial charge in [0.15, 0.2) is 0 Å². The molecule has 1 saturated heterocycles. The summed E-state index contributed by atoms with van der Waals surface area (Å²) < 4.78 is 12.7. The number of nitrogens with one attached hydrogen (secondary N) is 2. The summed E-state index contributed by atoms with van der Waals surface area (Å²) in [6.45, 7) is 0.655. The van der Waals surface area contributed by atoms with Crippen LogP contribution in [0.4, 0.5) is 4.39 Å². The van der Waals surface area contributed by atoms with Crippen LogP contribution in [0.2, 0.25) is 0 Å². The maximum absolute atomic E-state index is 12.7. The third-order valence-electron chi connectivity index (χ3n) is 2.70. The van der Waals surface area contributed by atoms with E-state index in [0.29, 0.717) is 18.5 Å². The lowest BCUT2D eigenvalue weighted by Gasteiger charge is -2.22. The van der Waals surface area contributed by atoms with Crippen LogP contribution in [0.25, 0.3) is 0 Å². The van der Waals surface area contributed by atoms with E-state index in [2.05, 4.69) is 10.6 Å². The highest BCUT2D eigenvalue weighted by atomic mass is 19.1. The average molecular weight is 236 g/mol. The molecule has 4 nitrogen and oxygen atoms in total. The van der Waals surface area contributed by atoms with E-state index in [0.717, 1.165) is 6.42 Å². The second-order valence-electron chi connectivity index (χ2n) is 3.97. The molecule has 0 unspecified atom stereocenters. The normalized spacial score (nSPS) is 19.6. The van der Waals surface area contributed by atoms with Crippen molar-refractivity contribution in [3.8, 4) is 0 Å². The number of hydrogen-bond acceptors (Lipinski definition) is 2. The van der Waals surface area contributed by atoms with Crippen molar-refractivity contribution in [3.05, 3.63) is 35.6 Å². The Morgan fingerprint density at radius 1 is 1.35 bits per heavy atom. The first-order chi connectivity index (χ1) is 8.16. The van der Waals surface area contributed by atoms with E-state index in [1.807, 2.05) is 0 Å². The Balaban J connectivity index is 2.01. The standard InChI is InChI=1S/C12H13FN2O2/c13-9-5-3-8(4-6-9)11(16)15-10-2-1-7-14-12(10)17/h3-6,10H,1-2,7H2,(H,14,17)(H,15,16)/t10-/m0/s1. The lowest BCUT2D eigenvalue weighted by atomic mass is 10.1. The molecule has 0 aromatic heterocycles. The smallest absolute Gasteiger partial charge is 0.251 e. The number of carbonyl (C=O) groups is 2. The molecule has 2 amide bonds. The summed E-state index contributed by atoms with van der Waals surface area (Å²) in [5, 5.41) is 5.32. The van der Waals surface area contributed by atoms with Gasteiger partial charge in [-0.1, -0.05) is 0 Å². The highest BCUT2D eigenvalue weighted by Crippen LogP contribution is 2.06. The van der Waals surface area contributed by atoms with E-state index >= 15 is 0 Å². The Labute approximate surface area is 98.2 Å². The Morgan fingerprint density at radius 2 is 2.06 bits per heavy atom. The van der Waals surface area contributed by atoms with Gasteiger partial charge in [0.2, 0.25) is 5.91 Å². The van der Waals surface area contributed by atoms with E-state index in [1.54, 1.807) is 0 Å². The van der Waals surface area contributed by atoms with Crippen LogP contribution in [0.3, 0.4) is 0 Å². The Kier molecular flexibility index (Phi) is 3.37. The third kappa shape index (κ3) is 2.81. The number of hydrogen-bond donors (Lipinski definition) is 2. The van der Waals surface area contributed by atoms with Crippen molar-refractivity contribution in [3.63, 3.8) is 0 Å². The fraction of sp³-hybridized carbons (Fsp3) is 0.333. The molecule has 0 saturated carbocycles. The van der Waals surface area contributed by atoms with E-state index in [1.165, 1.54) is 24.3 Å². The Morgan fingerprint density at radius 3 is 2.71 bits per heavy atom. The summed E-state index contributed by atoms with van der Waals surface area (Å²) in [5.74, 6) is -0.907. The zero-order valence-corrected chi connectivity index (χ0v) is 9.20. The van der Waals surface area contributed by atoms with Crippen LogP contribution in [0.5, 0.6) is 0 Å². The van der Waals surface area contributed by atoms with Gasteiger partial charge in [0.05, 0.1) is 0 Å². The number of halogens is 1. The van der Waals surface area contributed by atoms with Gasteiger partial charge in [0, 0.05) is 12.1 Å². The zero-order valence-electron chi connectivity index (χ0n) is 9.20. The van der Waals surface area contributed by atoms with Crippen LogP contribution in [-0.4, -0.2) is 24.4 Å². The maximum Gasteiger partial charge on any atom is 0.251 e. The van der Waals surface area contributed by atoms with Crippen LogP contribution in [-0.2, 0) is 4.79 Å². The number of benzene rings is 1. The molecule has 0 radical (unpaired) electrons. The molecule has 1 atom stereocenters.